The lowest BCUT2D eigenvalue weighted by molar-refractivity contribution is -0.0500. The average molecular weight is 489 g/mol. The van der Waals surface area contributed by atoms with Crippen molar-refractivity contribution in [3.05, 3.63) is 47.5 Å². The number of anilines is 2. The summed E-state index contributed by atoms with van der Waals surface area (Å²) in [6.45, 7) is 3.43. The molecule has 2 aliphatic heterocycles. The van der Waals surface area contributed by atoms with Gasteiger partial charge < -0.3 is 19.7 Å². The van der Waals surface area contributed by atoms with Gasteiger partial charge in [0.25, 0.3) is 0 Å². The van der Waals surface area contributed by atoms with Gasteiger partial charge in [0.1, 0.15) is 17.1 Å². The number of rotatable bonds is 7. The summed E-state index contributed by atoms with van der Waals surface area (Å²) in [5.41, 5.74) is 2.84. The molecule has 4 heterocycles. The monoisotopic (exact) mass is 488 g/mol. The fraction of sp³-hybridized carbons (Fsp3) is 0.458. The van der Waals surface area contributed by atoms with E-state index in [9.17, 15) is 13.2 Å². The fourth-order valence-corrected chi connectivity index (χ4v) is 4.40. The Kier molecular flexibility index (Phi) is 6.87. The van der Waals surface area contributed by atoms with E-state index in [1.807, 2.05) is 13.0 Å². The van der Waals surface area contributed by atoms with Gasteiger partial charge in [-0.05, 0) is 25.5 Å². The molecule has 11 heteroatoms. The van der Waals surface area contributed by atoms with E-state index in [1.54, 1.807) is 6.20 Å². The van der Waals surface area contributed by atoms with Gasteiger partial charge in [-0.25, -0.2) is 14.4 Å². The number of hydrogen-bond donors (Lipinski definition) is 1. The van der Waals surface area contributed by atoms with Gasteiger partial charge in [-0.15, -0.1) is 0 Å². The molecule has 2 saturated heterocycles. The molecule has 1 atom stereocenters. The number of ether oxygens (including phenoxy) is 2. The van der Waals surface area contributed by atoms with Crippen molar-refractivity contribution in [2.45, 2.75) is 32.5 Å². The number of aromatic nitrogens is 3. The first-order chi connectivity index (χ1) is 16.9. The highest BCUT2D eigenvalue weighted by Crippen LogP contribution is 2.28. The summed E-state index contributed by atoms with van der Waals surface area (Å²) in [5.74, 6) is 0.763. The number of piperazine rings is 1. The SMILES string of the molecule is Cc1cc2nc(N[C@@H]3CCOC3)c(N3CCN(Cc4ccc(OC(F)F)cc4F)CC3)nc2cn1. The third-order valence-corrected chi connectivity index (χ3v) is 6.25. The van der Waals surface area contributed by atoms with Crippen molar-refractivity contribution < 1.29 is 22.6 Å². The summed E-state index contributed by atoms with van der Waals surface area (Å²) in [4.78, 5) is 18.4. The van der Waals surface area contributed by atoms with Crippen LogP contribution in [0.1, 0.15) is 17.7 Å². The van der Waals surface area contributed by atoms with Gasteiger partial charge in [0.2, 0.25) is 0 Å². The highest BCUT2D eigenvalue weighted by Gasteiger charge is 2.25. The second kappa shape index (κ2) is 10.2. The lowest BCUT2D eigenvalue weighted by Crippen LogP contribution is -2.46. The van der Waals surface area contributed by atoms with Crippen LogP contribution in [-0.2, 0) is 11.3 Å². The zero-order valence-corrected chi connectivity index (χ0v) is 19.4. The number of nitrogens with zero attached hydrogens (tertiary/aromatic N) is 5. The number of alkyl halides is 2. The Balaban J connectivity index is 1.29. The van der Waals surface area contributed by atoms with E-state index < -0.39 is 12.4 Å². The van der Waals surface area contributed by atoms with Crippen LogP contribution in [0.5, 0.6) is 5.75 Å². The standard InChI is InChI=1S/C24H27F3N6O2/c1-15-10-20-21(12-28-15)31-23(22(30-20)29-17-4-9-34-14-17)33-7-5-32(6-8-33)13-16-2-3-18(11-19(16)25)35-24(26)27/h2-3,10-12,17,24H,4-9,13-14H2,1H3,(H,29,30)/t17-/m1/s1. The molecule has 5 rings (SSSR count). The molecule has 0 spiro atoms. The highest BCUT2D eigenvalue weighted by molar-refractivity contribution is 5.80. The largest absolute Gasteiger partial charge is 0.435 e. The van der Waals surface area contributed by atoms with Gasteiger partial charge in [0, 0.05) is 56.7 Å². The minimum absolute atomic E-state index is 0.182. The van der Waals surface area contributed by atoms with Crippen LogP contribution in [0.15, 0.2) is 30.5 Å². The van der Waals surface area contributed by atoms with Gasteiger partial charge in [0.05, 0.1) is 24.4 Å². The molecule has 1 aromatic carbocycles. The maximum absolute atomic E-state index is 14.4. The number of aryl methyl sites for hydroxylation is 1. The molecular weight excluding hydrogens is 461 g/mol. The summed E-state index contributed by atoms with van der Waals surface area (Å²) in [6, 6.07) is 5.97. The first kappa shape index (κ1) is 23.6. The summed E-state index contributed by atoms with van der Waals surface area (Å²) >= 11 is 0. The van der Waals surface area contributed by atoms with E-state index in [4.69, 9.17) is 14.7 Å². The number of halogens is 3. The predicted molar refractivity (Wildman–Crippen MR) is 125 cm³/mol. The first-order valence-electron chi connectivity index (χ1n) is 11.6. The molecule has 3 aromatic rings. The number of fused-ring (bicyclic) bond motifs is 1. The Morgan fingerprint density at radius 3 is 2.69 bits per heavy atom. The van der Waals surface area contributed by atoms with Crippen LogP contribution in [0.4, 0.5) is 24.8 Å². The number of pyridine rings is 1. The van der Waals surface area contributed by atoms with Crippen molar-refractivity contribution in [2.75, 3.05) is 49.6 Å². The lowest BCUT2D eigenvalue weighted by atomic mass is 10.1. The lowest BCUT2D eigenvalue weighted by Gasteiger charge is -2.36. The Morgan fingerprint density at radius 2 is 1.97 bits per heavy atom. The third-order valence-electron chi connectivity index (χ3n) is 6.25. The van der Waals surface area contributed by atoms with Gasteiger partial charge in [-0.1, -0.05) is 6.07 Å². The topological polar surface area (TPSA) is 75.6 Å². The Hall–Kier alpha value is -3.18. The smallest absolute Gasteiger partial charge is 0.387 e. The predicted octanol–water partition coefficient (Wildman–Crippen LogP) is 3.60. The van der Waals surface area contributed by atoms with Crippen LogP contribution in [0, 0.1) is 12.7 Å². The number of nitrogens with one attached hydrogen (secondary N) is 1. The molecule has 1 N–H and O–H groups in total. The minimum atomic E-state index is -2.98. The zero-order chi connectivity index (χ0) is 24.4. The molecule has 0 aliphatic carbocycles. The number of benzene rings is 1. The summed E-state index contributed by atoms with van der Waals surface area (Å²) in [7, 11) is 0. The van der Waals surface area contributed by atoms with Crippen LogP contribution in [0.25, 0.3) is 11.0 Å². The van der Waals surface area contributed by atoms with Gasteiger partial charge in [0.15, 0.2) is 11.6 Å². The summed E-state index contributed by atoms with van der Waals surface area (Å²) in [5, 5.41) is 3.51. The molecule has 35 heavy (non-hydrogen) atoms. The fourth-order valence-electron chi connectivity index (χ4n) is 4.40. The summed E-state index contributed by atoms with van der Waals surface area (Å²) < 4.78 is 48.9. The van der Waals surface area contributed by atoms with Crippen molar-refractivity contribution in [2.24, 2.45) is 0 Å². The third kappa shape index (κ3) is 5.57. The Bertz CT molecular complexity index is 1180. The van der Waals surface area contributed by atoms with Gasteiger partial charge in [-0.3, -0.25) is 9.88 Å². The van der Waals surface area contributed by atoms with E-state index in [2.05, 4.69) is 24.8 Å². The summed E-state index contributed by atoms with van der Waals surface area (Å²) in [6.07, 6.45) is 2.65. The van der Waals surface area contributed by atoms with E-state index in [-0.39, 0.29) is 11.8 Å². The molecule has 0 amide bonds. The van der Waals surface area contributed by atoms with Gasteiger partial charge >= 0.3 is 6.61 Å². The van der Waals surface area contributed by atoms with Crippen LogP contribution < -0.4 is 15.0 Å². The first-order valence-corrected chi connectivity index (χ1v) is 11.6. The van der Waals surface area contributed by atoms with Crippen molar-refractivity contribution in [3.8, 4) is 5.75 Å². The van der Waals surface area contributed by atoms with Gasteiger partial charge in [-0.2, -0.15) is 8.78 Å². The van der Waals surface area contributed by atoms with Crippen molar-refractivity contribution in [1.29, 1.82) is 0 Å². The normalized spacial score (nSPS) is 19.0. The molecule has 2 fully saturated rings. The van der Waals surface area contributed by atoms with Crippen molar-refractivity contribution in [3.63, 3.8) is 0 Å². The molecule has 2 aromatic heterocycles. The number of hydrogen-bond acceptors (Lipinski definition) is 8. The van der Waals surface area contributed by atoms with Crippen LogP contribution in [-0.4, -0.2) is 71.9 Å². The van der Waals surface area contributed by atoms with Crippen molar-refractivity contribution >= 4 is 22.7 Å². The second-order valence-corrected chi connectivity index (χ2v) is 8.81. The maximum Gasteiger partial charge on any atom is 0.387 e. The maximum atomic E-state index is 14.4. The highest BCUT2D eigenvalue weighted by atomic mass is 19.3. The average Bonchev–Trinajstić information content (AvgIpc) is 3.34. The molecule has 0 radical (unpaired) electrons. The molecule has 2 aliphatic rings. The van der Waals surface area contributed by atoms with E-state index in [1.165, 1.54) is 12.1 Å². The van der Waals surface area contributed by atoms with E-state index in [0.717, 1.165) is 47.5 Å². The molecular formula is C24H27F3N6O2. The van der Waals surface area contributed by atoms with Crippen LogP contribution in [0.3, 0.4) is 0 Å². The van der Waals surface area contributed by atoms with E-state index >= 15 is 0 Å². The minimum Gasteiger partial charge on any atom is -0.435 e. The molecule has 0 saturated carbocycles. The molecule has 0 unspecified atom stereocenters. The van der Waals surface area contributed by atoms with Crippen molar-refractivity contribution in [1.82, 2.24) is 19.9 Å². The van der Waals surface area contributed by atoms with Crippen LogP contribution in [0.2, 0.25) is 0 Å². The second-order valence-electron chi connectivity index (χ2n) is 8.81. The van der Waals surface area contributed by atoms with E-state index in [0.29, 0.717) is 44.9 Å². The quantitative estimate of drug-likeness (QED) is 0.541. The Morgan fingerprint density at radius 1 is 1.14 bits per heavy atom. The van der Waals surface area contributed by atoms with Crippen LogP contribution >= 0.6 is 0 Å². The molecule has 186 valence electrons. The zero-order valence-electron chi connectivity index (χ0n) is 19.4. The molecule has 0 bridgehead atoms. The molecule has 8 nitrogen and oxygen atoms in total. The Labute approximate surface area is 201 Å².